The van der Waals surface area contributed by atoms with Crippen LogP contribution < -0.4 is 0 Å². The van der Waals surface area contributed by atoms with E-state index >= 15 is 0 Å². The Morgan fingerprint density at radius 2 is 2.22 bits per heavy atom. The van der Waals surface area contributed by atoms with E-state index in [9.17, 15) is 0 Å². The van der Waals surface area contributed by atoms with Crippen LogP contribution in [0.4, 0.5) is 0 Å². The fourth-order valence-corrected chi connectivity index (χ4v) is 1.72. The molecular weight excluding hydrogens is 228 g/mol. The molecule has 0 aliphatic heterocycles. The van der Waals surface area contributed by atoms with Gasteiger partial charge in [0.2, 0.25) is 11.7 Å². The second-order valence-corrected chi connectivity index (χ2v) is 4.20. The standard InChI is InChI=1S/C13H14N4O/c1-9-7-10(2)12(15-8-9)13-16-11(18-17-13)5-3-4-6-14/h7-8H,3-5H2,1-2H3. The zero-order valence-electron chi connectivity index (χ0n) is 10.5. The molecule has 0 saturated heterocycles. The van der Waals surface area contributed by atoms with Crippen molar-refractivity contribution in [3.05, 3.63) is 29.3 Å². The molecule has 5 heteroatoms. The second-order valence-electron chi connectivity index (χ2n) is 4.20. The van der Waals surface area contributed by atoms with Gasteiger partial charge in [0.1, 0.15) is 5.69 Å². The maximum atomic E-state index is 8.46. The summed E-state index contributed by atoms with van der Waals surface area (Å²) in [5, 5.41) is 12.4. The number of pyridine rings is 1. The van der Waals surface area contributed by atoms with Gasteiger partial charge in [-0.1, -0.05) is 11.2 Å². The van der Waals surface area contributed by atoms with Crippen LogP contribution in [0.15, 0.2) is 16.8 Å². The minimum Gasteiger partial charge on any atom is -0.339 e. The summed E-state index contributed by atoms with van der Waals surface area (Å²) in [4.78, 5) is 8.61. The first-order valence-corrected chi connectivity index (χ1v) is 5.84. The fraction of sp³-hybridized carbons (Fsp3) is 0.385. The summed E-state index contributed by atoms with van der Waals surface area (Å²) in [7, 11) is 0. The first kappa shape index (κ1) is 12.2. The molecule has 18 heavy (non-hydrogen) atoms. The summed E-state index contributed by atoms with van der Waals surface area (Å²) < 4.78 is 5.14. The molecule has 0 unspecified atom stereocenters. The summed E-state index contributed by atoms with van der Waals surface area (Å²) >= 11 is 0. The number of aryl methyl sites for hydroxylation is 3. The van der Waals surface area contributed by atoms with E-state index in [0.29, 0.717) is 24.6 Å². The normalized spacial score (nSPS) is 10.3. The lowest BCUT2D eigenvalue weighted by atomic mass is 10.1. The van der Waals surface area contributed by atoms with Crippen molar-refractivity contribution < 1.29 is 4.52 Å². The van der Waals surface area contributed by atoms with Gasteiger partial charge < -0.3 is 4.52 Å². The van der Waals surface area contributed by atoms with Gasteiger partial charge in [-0.05, 0) is 31.4 Å². The highest BCUT2D eigenvalue weighted by Gasteiger charge is 2.11. The minimum absolute atomic E-state index is 0.500. The molecule has 0 spiro atoms. The number of hydrogen-bond acceptors (Lipinski definition) is 5. The van der Waals surface area contributed by atoms with E-state index in [1.165, 1.54) is 0 Å². The zero-order chi connectivity index (χ0) is 13.0. The van der Waals surface area contributed by atoms with Crippen LogP contribution in [0.5, 0.6) is 0 Å². The van der Waals surface area contributed by atoms with E-state index in [4.69, 9.17) is 9.78 Å². The van der Waals surface area contributed by atoms with E-state index < -0.39 is 0 Å². The fourth-order valence-electron chi connectivity index (χ4n) is 1.72. The number of aromatic nitrogens is 3. The molecule has 0 aliphatic carbocycles. The van der Waals surface area contributed by atoms with Gasteiger partial charge in [-0.3, -0.25) is 4.98 Å². The van der Waals surface area contributed by atoms with Crippen molar-refractivity contribution in [3.63, 3.8) is 0 Å². The summed E-state index contributed by atoms with van der Waals surface area (Å²) in [5.74, 6) is 1.07. The first-order valence-electron chi connectivity index (χ1n) is 5.84. The molecule has 0 aliphatic rings. The third-order valence-corrected chi connectivity index (χ3v) is 2.57. The van der Waals surface area contributed by atoms with Crippen molar-refractivity contribution in [1.82, 2.24) is 15.1 Å². The smallest absolute Gasteiger partial charge is 0.227 e. The highest BCUT2D eigenvalue weighted by molar-refractivity contribution is 5.53. The number of nitriles is 1. The molecule has 2 heterocycles. The van der Waals surface area contributed by atoms with Crippen LogP contribution in [0.25, 0.3) is 11.5 Å². The van der Waals surface area contributed by atoms with Gasteiger partial charge in [-0.15, -0.1) is 0 Å². The lowest BCUT2D eigenvalue weighted by Gasteiger charge is -2.00. The van der Waals surface area contributed by atoms with Gasteiger partial charge in [-0.25, -0.2) is 0 Å². The molecule has 5 nitrogen and oxygen atoms in total. The molecule has 2 aromatic heterocycles. The Kier molecular flexibility index (Phi) is 3.68. The highest BCUT2D eigenvalue weighted by Crippen LogP contribution is 2.18. The topological polar surface area (TPSA) is 75.6 Å². The van der Waals surface area contributed by atoms with E-state index in [1.54, 1.807) is 6.20 Å². The van der Waals surface area contributed by atoms with Crippen LogP contribution in [-0.4, -0.2) is 15.1 Å². The first-order chi connectivity index (χ1) is 8.70. The quantitative estimate of drug-likeness (QED) is 0.770. The molecule has 0 fully saturated rings. The Morgan fingerprint density at radius 1 is 1.39 bits per heavy atom. The lowest BCUT2D eigenvalue weighted by Crippen LogP contribution is -1.92. The van der Waals surface area contributed by atoms with Gasteiger partial charge >= 0.3 is 0 Å². The zero-order valence-corrected chi connectivity index (χ0v) is 10.5. The molecule has 0 bridgehead atoms. The van der Waals surface area contributed by atoms with Gasteiger partial charge in [0.05, 0.1) is 6.07 Å². The number of rotatable bonds is 4. The van der Waals surface area contributed by atoms with Crippen molar-refractivity contribution in [3.8, 4) is 17.6 Å². The van der Waals surface area contributed by atoms with Crippen LogP contribution in [0, 0.1) is 25.2 Å². The van der Waals surface area contributed by atoms with Gasteiger partial charge in [0, 0.05) is 19.0 Å². The predicted octanol–water partition coefficient (Wildman–Crippen LogP) is 2.59. The molecule has 0 N–H and O–H groups in total. The van der Waals surface area contributed by atoms with Crippen LogP contribution >= 0.6 is 0 Å². The third-order valence-electron chi connectivity index (χ3n) is 2.57. The van der Waals surface area contributed by atoms with E-state index in [0.717, 1.165) is 23.2 Å². The Hall–Kier alpha value is -2.22. The molecule has 0 aromatic carbocycles. The monoisotopic (exact) mass is 242 g/mol. The molecule has 92 valence electrons. The van der Waals surface area contributed by atoms with Gasteiger partial charge in [0.15, 0.2) is 0 Å². The maximum absolute atomic E-state index is 8.46. The van der Waals surface area contributed by atoms with Crippen LogP contribution in [0.3, 0.4) is 0 Å². The third kappa shape index (κ3) is 2.72. The maximum Gasteiger partial charge on any atom is 0.227 e. The summed E-state index contributed by atoms with van der Waals surface area (Å²) in [6, 6.07) is 4.13. The minimum atomic E-state index is 0.500. The lowest BCUT2D eigenvalue weighted by molar-refractivity contribution is 0.376. The SMILES string of the molecule is Cc1cnc(-c2noc(CCCC#N)n2)c(C)c1. The van der Waals surface area contributed by atoms with Crippen molar-refractivity contribution in [1.29, 1.82) is 5.26 Å². The molecule has 0 radical (unpaired) electrons. The van der Waals surface area contributed by atoms with Crippen molar-refractivity contribution in [2.75, 3.05) is 0 Å². The molecule has 2 rings (SSSR count). The van der Waals surface area contributed by atoms with Crippen molar-refractivity contribution in [2.24, 2.45) is 0 Å². The summed E-state index contributed by atoms with van der Waals surface area (Å²) in [6.45, 7) is 3.97. The summed E-state index contributed by atoms with van der Waals surface area (Å²) in [6.07, 6.45) is 3.65. The highest BCUT2D eigenvalue weighted by atomic mass is 16.5. The molecule has 0 saturated carbocycles. The number of nitrogens with zero attached hydrogens (tertiary/aromatic N) is 4. The largest absolute Gasteiger partial charge is 0.339 e. The van der Waals surface area contributed by atoms with E-state index in [1.807, 2.05) is 19.9 Å². The Balaban J connectivity index is 2.16. The molecule has 0 atom stereocenters. The van der Waals surface area contributed by atoms with E-state index in [-0.39, 0.29) is 0 Å². The average Bonchev–Trinajstić information content (AvgIpc) is 2.78. The predicted molar refractivity (Wildman–Crippen MR) is 65.6 cm³/mol. The van der Waals surface area contributed by atoms with Crippen LogP contribution in [0.2, 0.25) is 0 Å². The van der Waals surface area contributed by atoms with Crippen LogP contribution in [-0.2, 0) is 6.42 Å². The molecule has 2 aromatic rings. The number of unbranched alkanes of at least 4 members (excludes halogenated alkanes) is 1. The molecule has 0 amide bonds. The molecular formula is C13H14N4O. The van der Waals surface area contributed by atoms with Crippen molar-refractivity contribution in [2.45, 2.75) is 33.1 Å². The summed E-state index contributed by atoms with van der Waals surface area (Å²) in [5.41, 5.74) is 2.88. The van der Waals surface area contributed by atoms with Gasteiger partial charge in [0.25, 0.3) is 0 Å². The van der Waals surface area contributed by atoms with Crippen LogP contribution in [0.1, 0.15) is 29.9 Å². The van der Waals surface area contributed by atoms with E-state index in [2.05, 4.69) is 21.2 Å². The Morgan fingerprint density at radius 3 is 2.94 bits per heavy atom. The average molecular weight is 242 g/mol. The second kappa shape index (κ2) is 5.41. The Labute approximate surface area is 105 Å². The number of hydrogen-bond donors (Lipinski definition) is 0. The van der Waals surface area contributed by atoms with Crippen molar-refractivity contribution >= 4 is 0 Å². The van der Waals surface area contributed by atoms with Gasteiger partial charge in [-0.2, -0.15) is 10.2 Å². The Bertz CT molecular complexity index is 583.